The summed E-state index contributed by atoms with van der Waals surface area (Å²) in [7, 11) is 0. The third kappa shape index (κ3) is 4.90. The van der Waals surface area contributed by atoms with Gasteiger partial charge in [0.05, 0.1) is 18.5 Å². The summed E-state index contributed by atoms with van der Waals surface area (Å²) in [5.74, 6) is 1.18. The second kappa shape index (κ2) is 9.00. The Balaban J connectivity index is 1.96. The number of aliphatic hydroxyl groups is 1. The maximum atomic E-state index is 10.8. The van der Waals surface area contributed by atoms with Crippen LogP contribution in [-0.4, -0.2) is 36.8 Å². The molecule has 3 aromatic rings. The zero-order chi connectivity index (χ0) is 21.9. The van der Waals surface area contributed by atoms with Gasteiger partial charge in [-0.2, -0.15) is 9.97 Å². The van der Waals surface area contributed by atoms with Crippen LogP contribution in [0.2, 0.25) is 0 Å². The Hall–Kier alpha value is -2.67. The van der Waals surface area contributed by atoms with Gasteiger partial charge in [0.25, 0.3) is 0 Å². The minimum absolute atomic E-state index is 0.153. The van der Waals surface area contributed by atoms with E-state index in [-0.39, 0.29) is 17.5 Å². The number of nitrogens with zero attached hydrogens (tertiary/aromatic N) is 4. The summed E-state index contributed by atoms with van der Waals surface area (Å²) in [6, 6.07) is 10.3. The highest BCUT2D eigenvalue weighted by Crippen LogP contribution is 2.27. The molecule has 0 saturated carbocycles. The van der Waals surface area contributed by atoms with Crippen molar-refractivity contribution in [2.24, 2.45) is 5.41 Å². The quantitative estimate of drug-likeness (QED) is 0.502. The molecule has 0 aliphatic rings. The number of hydrogen-bond donors (Lipinski definition) is 3. The molecule has 0 fully saturated rings. The molecule has 0 aliphatic carbocycles. The number of fused-ring (bicyclic) bond motifs is 1. The van der Waals surface area contributed by atoms with Crippen molar-refractivity contribution in [2.45, 2.75) is 72.7 Å². The maximum Gasteiger partial charge on any atom is 0.227 e. The lowest BCUT2D eigenvalue weighted by molar-refractivity contribution is 0.0451. The maximum absolute atomic E-state index is 10.8. The molecule has 0 bridgehead atoms. The molecule has 162 valence electrons. The van der Waals surface area contributed by atoms with Gasteiger partial charge in [-0.1, -0.05) is 58.0 Å². The SMILES string of the molecule is CC[C@@H](Nc1nc(NCc2ccccc2)c2ncn(C(C)C)c2n1)C(O)C(C)(C)C. The number of benzene rings is 1. The minimum atomic E-state index is -0.530. The van der Waals surface area contributed by atoms with Crippen LogP contribution in [0.15, 0.2) is 36.7 Å². The molecule has 7 heteroatoms. The standard InChI is InChI=1S/C23H34N6O/c1-7-17(19(30)23(4,5)6)26-22-27-20(24-13-16-11-9-8-10-12-16)18-21(28-22)29(14-25-18)15(2)3/h8-12,14-15,17,19,30H,7,13H2,1-6H3,(H2,24,26,27,28)/t17-,19?/m1/s1. The van der Waals surface area contributed by atoms with E-state index in [4.69, 9.17) is 9.97 Å². The Kier molecular flexibility index (Phi) is 6.61. The fraction of sp³-hybridized carbons (Fsp3) is 0.522. The molecule has 0 radical (unpaired) electrons. The van der Waals surface area contributed by atoms with Crippen molar-refractivity contribution in [1.29, 1.82) is 0 Å². The molecule has 30 heavy (non-hydrogen) atoms. The van der Waals surface area contributed by atoms with Crippen molar-refractivity contribution in [3.05, 3.63) is 42.2 Å². The summed E-state index contributed by atoms with van der Waals surface area (Å²) < 4.78 is 2.04. The van der Waals surface area contributed by atoms with Gasteiger partial charge in [-0.15, -0.1) is 0 Å². The van der Waals surface area contributed by atoms with Gasteiger partial charge in [-0.3, -0.25) is 0 Å². The highest BCUT2D eigenvalue weighted by atomic mass is 16.3. The van der Waals surface area contributed by atoms with Gasteiger partial charge in [0, 0.05) is 12.6 Å². The van der Waals surface area contributed by atoms with E-state index >= 15 is 0 Å². The highest BCUT2D eigenvalue weighted by Gasteiger charge is 2.30. The molecular formula is C23H34N6O. The van der Waals surface area contributed by atoms with Gasteiger partial charge in [0.15, 0.2) is 17.0 Å². The number of imidazole rings is 1. The van der Waals surface area contributed by atoms with Crippen molar-refractivity contribution in [3.8, 4) is 0 Å². The van der Waals surface area contributed by atoms with Crippen LogP contribution in [0.25, 0.3) is 11.2 Å². The van der Waals surface area contributed by atoms with Crippen LogP contribution < -0.4 is 10.6 Å². The summed E-state index contributed by atoms with van der Waals surface area (Å²) in [6.45, 7) is 13.0. The number of aromatic nitrogens is 4. The summed E-state index contributed by atoms with van der Waals surface area (Å²) in [5.41, 5.74) is 2.44. The number of anilines is 2. The van der Waals surface area contributed by atoms with E-state index in [1.807, 2.05) is 49.9 Å². The first-order chi connectivity index (χ1) is 14.2. The molecule has 1 aromatic carbocycles. The zero-order valence-corrected chi connectivity index (χ0v) is 18.8. The normalized spacial score (nSPS) is 14.1. The molecular weight excluding hydrogens is 376 g/mol. The highest BCUT2D eigenvalue weighted by molar-refractivity contribution is 5.84. The van der Waals surface area contributed by atoms with Crippen molar-refractivity contribution in [1.82, 2.24) is 19.5 Å². The van der Waals surface area contributed by atoms with Crippen molar-refractivity contribution >= 4 is 22.9 Å². The predicted octanol–water partition coefficient (Wildman–Crippen LogP) is 4.62. The summed E-state index contributed by atoms with van der Waals surface area (Å²) in [5, 5.41) is 17.6. The van der Waals surface area contributed by atoms with Gasteiger partial charge in [0.1, 0.15) is 0 Å². The Bertz CT molecular complexity index is 961. The van der Waals surface area contributed by atoms with Gasteiger partial charge in [-0.25, -0.2) is 4.98 Å². The van der Waals surface area contributed by atoms with Gasteiger partial charge < -0.3 is 20.3 Å². The molecule has 2 aromatic heterocycles. The molecule has 0 amide bonds. The first-order valence-electron chi connectivity index (χ1n) is 10.7. The van der Waals surface area contributed by atoms with E-state index in [1.54, 1.807) is 0 Å². The van der Waals surface area contributed by atoms with Crippen LogP contribution in [0.5, 0.6) is 0 Å². The summed E-state index contributed by atoms with van der Waals surface area (Å²) >= 11 is 0. The van der Waals surface area contributed by atoms with Crippen molar-refractivity contribution < 1.29 is 5.11 Å². The van der Waals surface area contributed by atoms with Gasteiger partial charge >= 0.3 is 0 Å². The Morgan fingerprint density at radius 3 is 2.40 bits per heavy atom. The van der Waals surface area contributed by atoms with E-state index in [0.29, 0.717) is 18.3 Å². The number of rotatable bonds is 8. The molecule has 0 aliphatic heterocycles. The average Bonchev–Trinajstić information content (AvgIpc) is 3.14. The first kappa shape index (κ1) is 22.0. The Morgan fingerprint density at radius 2 is 1.80 bits per heavy atom. The molecule has 7 nitrogen and oxygen atoms in total. The fourth-order valence-corrected chi connectivity index (χ4v) is 3.44. The molecule has 3 N–H and O–H groups in total. The average molecular weight is 411 g/mol. The third-order valence-corrected chi connectivity index (χ3v) is 5.30. The second-order valence-corrected chi connectivity index (χ2v) is 9.12. The number of nitrogens with one attached hydrogen (secondary N) is 2. The molecule has 0 spiro atoms. The van der Waals surface area contributed by atoms with E-state index in [0.717, 1.165) is 23.1 Å². The molecule has 2 atom stereocenters. The Morgan fingerprint density at radius 1 is 1.10 bits per heavy atom. The van der Waals surface area contributed by atoms with Crippen LogP contribution in [0, 0.1) is 5.41 Å². The van der Waals surface area contributed by atoms with E-state index in [9.17, 15) is 5.11 Å². The van der Waals surface area contributed by atoms with Gasteiger partial charge in [-0.05, 0) is 31.2 Å². The monoisotopic (exact) mass is 410 g/mol. The lowest BCUT2D eigenvalue weighted by Crippen LogP contribution is -2.42. The number of hydrogen-bond acceptors (Lipinski definition) is 6. The number of aliphatic hydroxyl groups excluding tert-OH is 1. The molecule has 0 saturated heterocycles. The minimum Gasteiger partial charge on any atom is -0.390 e. The van der Waals surface area contributed by atoms with E-state index in [2.05, 4.69) is 48.5 Å². The lowest BCUT2D eigenvalue weighted by atomic mass is 9.84. The second-order valence-electron chi connectivity index (χ2n) is 9.12. The topological polar surface area (TPSA) is 87.9 Å². The fourth-order valence-electron chi connectivity index (χ4n) is 3.44. The molecule has 3 rings (SSSR count). The van der Waals surface area contributed by atoms with Gasteiger partial charge in [0.2, 0.25) is 5.95 Å². The van der Waals surface area contributed by atoms with Crippen LogP contribution >= 0.6 is 0 Å². The van der Waals surface area contributed by atoms with Crippen molar-refractivity contribution in [3.63, 3.8) is 0 Å². The van der Waals surface area contributed by atoms with Crippen molar-refractivity contribution in [2.75, 3.05) is 10.6 Å². The van der Waals surface area contributed by atoms with E-state index in [1.165, 1.54) is 0 Å². The first-order valence-corrected chi connectivity index (χ1v) is 10.7. The van der Waals surface area contributed by atoms with E-state index < -0.39 is 6.10 Å². The smallest absolute Gasteiger partial charge is 0.227 e. The van der Waals surface area contributed by atoms with Crippen LogP contribution in [0.3, 0.4) is 0 Å². The lowest BCUT2D eigenvalue weighted by Gasteiger charge is -2.33. The third-order valence-electron chi connectivity index (χ3n) is 5.30. The van der Waals surface area contributed by atoms with Crippen LogP contribution in [0.4, 0.5) is 11.8 Å². The largest absolute Gasteiger partial charge is 0.390 e. The molecule has 2 heterocycles. The predicted molar refractivity (Wildman–Crippen MR) is 123 cm³/mol. The molecule has 1 unspecified atom stereocenters. The van der Waals surface area contributed by atoms with Crippen LogP contribution in [0.1, 0.15) is 59.6 Å². The zero-order valence-electron chi connectivity index (χ0n) is 18.8. The summed E-state index contributed by atoms with van der Waals surface area (Å²) in [6.07, 6.45) is 2.04. The van der Waals surface area contributed by atoms with Crippen LogP contribution in [-0.2, 0) is 6.54 Å². The summed E-state index contributed by atoms with van der Waals surface area (Å²) in [4.78, 5) is 14.0. The Labute approximate surface area is 179 Å².